The van der Waals surface area contributed by atoms with Gasteiger partial charge in [0.05, 0.1) is 14.2 Å². The summed E-state index contributed by atoms with van der Waals surface area (Å²) in [5, 5.41) is 1.43. The normalized spacial score (nSPS) is 14.9. The van der Waals surface area contributed by atoms with Crippen LogP contribution in [-0.4, -0.2) is 26.0 Å². The predicted octanol–water partition coefficient (Wildman–Crippen LogP) is 7.06. The number of ether oxygens (including phenoxy) is 4. The van der Waals surface area contributed by atoms with E-state index in [9.17, 15) is 9.59 Å². The van der Waals surface area contributed by atoms with Crippen molar-refractivity contribution in [1.29, 1.82) is 0 Å². The molecule has 3 aromatic carbocycles. The van der Waals surface area contributed by atoms with Gasteiger partial charge in [0, 0.05) is 45.5 Å². The summed E-state index contributed by atoms with van der Waals surface area (Å²) in [6, 6.07) is 9.71. The summed E-state index contributed by atoms with van der Waals surface area (Å²) in [6.07, 6.45) is -0.451. The Morgan fingerprint density at radius 3 is 1.95 bits per heavy atom. The molecule has 37 heavy (non-hydrogen) atoms. The van der Waals surface area contributed by atoms with E-state index in [1.807, 2.05) is 24.3 Å². The van der Waals surface area contributed by atoms with Crippen LogP contribution in [0.1, 0.15) is 94.1 Å². The van der Waals surface area contributed by atoms with E-state index in [4.69, 9.17) is 18.9 Å². The molecule has 1 unspecified atom stereocenters. The Labute approximate surface area is 218 Å². The van der Waals surface area contributed by atoms with Crippen molar-refractivity contribution in [2.45, 2.75) is 72.3 Å². The van der Waals surface area contributed by atoms with Crippen molar-refractivity contribution in [2.24, 2.45) is 0 Å². The number of Topliss-reactive ketones (excluding diaryl/α,β-unsaturated/α-hetero) is 1. The molecule has 0 saturated carbocycles. The third-order valence-corrected chi connectivity index (χ3v) is 6.81. The van der Waals surface area contributed by atoms with Gasteiger partial charge in [0.25, 0.3) is 0 Å². The van der Waals surface area contributed by atoms with Crippen molar-refractivity contribution < 1.29 is 28.5 Å². The van der Waals surface area contributed by atoms with Crippen molar-refractivity contribution in [1.82, 2.24) is 0 Å². The lowest BCUT2D eigenvalue weighted by molar-refractivity contribution is -0.131. The molecule has 6 nitrogen and oxygen atoms in total. The van der Waals surface area contributed by atoms with Gasteiger partial charge in [0.2, 0.25) is 0 Å². The third kappa shape index (κ3) is 4.54. The zero-order valence-electron chi connectivity index (χ0n) is 23.4. The summed E-state index contributed by atoms with van der Waals surface area (Å²) in [5.41, 5.74) is 3.40. The molecule has 4 rings (SSSR count). The van der Waals surface area contributed by atoms with E-state index in [1.54, 1.807) is 21.1 Å². The van der Waals surface area contributed by atoms with Gasteiger partial charge < -0.3 is 18.9 Å². The van der Waals surface area contributed by atoms with Gasteiger partial charge in [-0.1, -0.05) is 47.6 Å². The largest absolute Gasteiger partial charge is 0.493 e. The lowest BCUT2D eigenvalue weighted by Gasteiger charge is -2.26. The molecule has 0 N–H and O–H groups in total. The lowest BCUT2D eigenvalue weighted by atomic mass is 9.78. The van der Waals surface area contributed by atoms with Crippen molar-refractivity contribution in [3.8, 4) is 23.0 Å². The first-order valence-corrected chi connectivity index (χ1v) is 12.5. The quantitative estimate of drug-likeness (QED) is 0.210. The van der Waals surface area contributed by atoms with Crippen LogP contribution < -0.4 is 18.9 Å². The van der Waals surface area contributed by atoms with Crippen LogP contribution in [0.4, 0.5) is 0 Å². The lowest BCUT2D eigenvalue weighted by Crippen LogP contribution is -2.17. The van der Waals surface area contributed by atoms with E-state index < -0.39 is 12.1 Å². The minimum atomic E-state index is -0.451. The molecule has 1 aliphatic rings. The fourth-order valence-corrected chi connectivity index (χ4v) is 5.02. The number of methoxy groups -OCH3 is 2. The molecular formula is C31H36O6. The number of benzene rings is 3. The SMILES string of the molecule is COc1ccc(C2Oc3c(C(C)(C)C)cc(C(C)=O)c4c(OC(C)=O)c(C(C)(C)C)cc2c34)cc1OC. The predicted molar refractivity (Wildman–Crippen MR) is 145 cm³/mol. The van der Waals surface area contributed by atoms with Crippen LogP contribution in [0, 0.1) is 0 Å². The number of hydrogen-bond acceptors (Lipinski definition) is 6. The molecule has 0 bridgehead atoms. The fourth-order valence-electron chi connectivity index (χ4n) is 5.02. The van der Waals surface area contributed by atoms with Crippen LogP contribution in [0.2, 0.25) is 0 Å². The highest BCUT2D eigenvalue weighted by Crippen LogP contribution is 2.55. The average molecular weight is 505 g/mol. The summed E-state index contributed by atoms with van der Waals surface area (Å²) >= 11 is 0. The summed E-state index contributed by atoms with van der Waals surface area (Å²) in [7, 11) is 3.21. The van der Waals surface area contributed by atoms with Gasteiger partial charge in [-0.25, -0.2) is 0 Å². The van der Waals surface area contributed by atoms with E-state index in [1.165, 1.54) is 6.92 Å². The second kappa shape index (κ2) is 9.09. The monoisotopic (exact) mass is 504 g/mol. The molecule has 0 aliphatic carbocycles. The average Bonchev–Trinajstić information content (AvgIpc) is 3.17. The Balaban J connectivity index is 2.18. The Morgan fingerprint density at radius 1 is 0.811 bits per heavy atom. The highest BCUT2D eigenvalue weighted by Gasteiger charge is 2.38. The van der Waals surface area contributed by atoms with Crippen LogP contribution in [-0.2, 0) is 15.6 Å². The van der Waals surface area contributed by atoms with Crippen molar-refractivity contribution in [3.05, 3.63) is 58.1 Å². The van der Waals surface area contributed by atoms with Crippen molar-refractivity contribution in [3.63, 3.8) is 0 Å². The van der Waals surface area contributed by atoms with Crippen molar-refractivity contribution >= 4 is 22.5 Å². The number of carbonyl (C=O) groups excluding carboxylic acids is 2. The first kappa shape index (κ1) is 26.5. The van der Waals surface area contributed by atoms with E-state index in [0.717, 1.165) is 27.6 Å². The second-order valence-electron chi connectivity index (χ2n) is 11.7. The maximum absolute atomic E-state index is 13.1. The van der Waals surface area contributed by atoms with Crippen LogP contribution in [0.3, 0.4) is 0 Å². The van der Waals surface area contributed by atoms with Crippen LogP contribution >= 0.6 is 0 Å². The minimum Gasteiger partial charge on any atom is -0.493 e. The van der Waals surface area contributed by atoms with E-state index in [0.29, 0.717) is 33.9 Å². The topological polar surface area (TPSA) is 71.1 Å². The van der Waals surface area contributed by atoms with Crippen LogP contribution in [0.15, 0.2) is 30.3 Å². The summed E-state index contributed by atoms with van der Waals surface area (Å²) in [5.74, 6) is 1.81. The zero-order valence-corrected chi connectivity index (χ0v) is 23.4. The number of ketones is 1. The molecule has 3 aromatic rings. The van der Waals surface area contributed by atoms with E-state index in [2.05, 4.69) is 47.6 Å². The summed E-state index contributed by atoms with van der Waals surface area (Å²) in [4.78, 5) is 25.4. The Hall–Kier alpha value is -3.54. The van der Waals surface area contributed by atoms with E-state index >= 15 is 0 Å². The molecule has 196 valence electrons. The highest BCUT2D eigenvalue weighted by atomic mass is 16.5. The molecule has 1 atom stereocenters. The number of carbonyl (C=O) groups is 2. The maximum atomic E-state index is 13.1. The molecular weight excluding hydrogens is 468 g/mol. The molecule has 1 heterocycles. The van der Waals surface area contributed by atoms with Gasteiger partial charge in [-0.2, -0.15) is 0 Å². The smallest absolute Gasteiger partial charge is 0.308 e. The standard InChI is InChI=1S/C31H36O6/c1-16(32)19-14-21(30(3,4)5)29-26-20(15-22(31(6,7)8)28(25(19)26)36-17(2)33)27(37-29)18-11-12-23(34-9)24(13-18)35-10/h11-15,27H,1-10H3. The second-order valence-corrected chi connectivity index (χ2v) is 11.7. The van der Waals surface area contributed by atoms with Gasteiger partial charge in [-0.15, -0.1) is 0 Å². The molecule has 0 fully saturated rings. The number of hydrogen-bond donors (Lipinski definition) is 0. The Bertz CT molecular complexity index is 1420. The Kier molecular flexibility index (Phi) is 6.51. The third-order valence-electron chi connectivity index (χ3n) is 6.81. The van der Waals surface area contributed by atoms with Gasteiger partial charge in [-0.05, 0) is 42.0 Å². The van der Waals surface area contributed by atoms with Crippen LogP contribution in [0.25, 0.3) is 10.8 Å². The zero-order chi connectivity index (χ0) is 27.4. The first-order valence-electron chi connectivity index (χ1n) is 12.5. The van der Waals surface area contributed by atoms with Crippen LogP contribution in [0.5, 0.6) is 23.0 Å². The minimum absolute atomic E-state index is 0.1000. The molecule has 0 amide bonds. The molecule has 1 aliphatic heterocycles. The van der Waals surface area contributed by atoms with Gasteiger partial charge >= 0.3 is 5.97 Å². The molecule has 6 heteroatoms. The van der Waals surface area contributed by atoms with E-state index in [-0.39, 0.29) is 16.6 Å². The first-order chi connectivity index (χ1) is 17.2. The van der Waals surface area contributed by atoms with Gasteiger partial charge in [0.15, 0.2) is 17.3 Å². The number of rotatable bonds is 5. The fraction of sp³-hybridized carbons (Fsp3) is 0.419. The summed E-state index contributed by atoms with van der Waals surface area (Å²) < 4.78 is 23.6. The maximum Gasteiger partial charge on any atom is 0.308 e. The Morgan fingerprint density at radius 2 is 1.43 bits per heavy atom. The molecule has 0 spiro atoms. The number of esters is 1. The highest BCUT2D eigenvalue weighted by molar-refractivity contribution is 6.14. The van der Waals surface area contributed by atoms with Crippen molar-refractivity contribution in [2.75, 3.05) is 14.2 Å². The van der Waals surface area contributed by atoms with Gasteiger partial charge in [-0.3, -0.25) is 9.59 Å². The molecule has 0 radical (unpaired) electrons. The van der Waals surface area contributed by atoms with Gasteiger partial charge in [0.1, 0.15) is 17.6 Å². The molecule has 0 aromatic heterocycles. The summed E-state index contributed by atoms with van der Waals surface area (Å²) in [6.45, 7) is 15.4. The molecule has 0 saturated heterocycles.